The Morgan fingerprint density at radius 2 is 1.44 bits per heavy atom. The minimum absolute atomic E-state index is 0.151. The maximum atomic E-state index is 12.1. The predicted octanol–water partition coefficient (Wildman–Crippen LogP) is 4.60. The summed E-state index contributed by atoms with van der Waals surface area (Å²) < 4.78 is 27.1. The number of nitrogens with one attached hydrogen (secondary N) is 2. The molecule has 3 saturated carbocycles. The van der Waals surface area contributed by atoms with Crippen molar-refractivity contribution in [1.82, 2.24) is 10.0 Å². The van der Waals surface area contributed by atoms with Gasteiger partial charge in [-0.15, -0.1) is 0 Å². The van der Waals surface area contributed by atoms with Crippen LogP contribution in [0.2, 0.25) is 0 Å². The second kappa shape index (κ2) is 10.1. The highest BCUT2D eigenvalue weighted by molar-refractivity contribution is 7.90. The normalized spacial score (nSPS) is 34.0. The highest BCUT2D eigenvalue weighted by Gasteiger charge is 2.33. The molecule has 0 amide bonds. The number of sulfonamides is 1. The van der Waals surface area contributed by atoms with E-state index < -0.39 is 10.0 Å². The van der Waals surface area contributed by atoms with Crippen LogP contribution >= 0.6 is 0 Å². The molecule has 2 atom stereocenters. The van der Waals surface area contributed by atoms with Gasteiger partial charge in [0.15, 0.2) is 0 Å². The molecule has 0 radical (unpaired) electrons. The van der Waals surface area contributed by atoms with Crippen LogP contribution in [0.5, 0.6) is 0 Å². The minimum Gasteiger partial charge on any atom is -0.313 e. The SMILES string of the molecule is CC(C)S(=O)(=O)NC1CCC(CNC2CCCCC2C2CCCCC2)CC1. The molecule has 158 valence electrons. The lowest BCUT2D eigenvalue weighted by Crippen LogP contribution is -2.46. The van der Waals surface area contributed by atoms with E-state index in [4.69, 9.17) is 0 Å². The van der Waals surface area contributed by atoms with Crippen LogP contribution in [-0.2, 0) is 10.0 Å². The Morgan fingerprint density at radius 3 is 2.11 bits per heavy atom. The fourth-order valence-electron chi connectivity index (χ4n) is 5.71. The first-order valence-electron chi connectivity index (χ1n) is 11.7. The molecule has 0 aliphatic heterocycles. The first-order valence-corrected chi connectivity index (χ1v) is 13.2. The van der Waals surface area contributed by atoms with Crippen molar-refractivity contribution < 1.29 is 8.42 Å². The van der Waals surface area contributed by atoms with Crippen molar-refractivity contribution in [2.75, 3.05) is 6.54 Å². The molecule has 0 aromatic heterocycles. The molecule has 3 aliphatic carbocycles. The smallest absolute Gasteiger partial charge is 0.214 e. The molecule has 3 aliphatic rings. The van der Waals surface area contributed by atoms with E-state index in [1.54, 1.807) is 13.8 Å². The fraction of sp³-hybridized carbons (Fsp3) is 1.00. The average Bonchev–Trinajstić information content (AvgIpc) is 2.68. The van der Waals surface area contributed by atoms with Crippen molar-refractivity contribution >= 4 is 10.0 Å². The molecular formula is C22H42N2O2S. The van der Waals surface area contributed by atoms with Crippen molar-refractivity contribution in [1.29, 1.82) is 0 Å². The summed E-state index contributed by atoms with van der Waals surface area (Å²) in [5.74, 6) is 2.60. The van der Waals surface area contributed by atoms with E-state index in [1.165, 1.54) is 57.8 Å². The summed E-state index contributed by atoms with van der Waals surface area (Å²) in [7, 11) is -3.13. The summed E-state index contributed by atoms with van der Waals surface area (Å²) in [6.45, 7) is 4.65. The molecule has 0 saturated heterocycles. The molecule has 0 aromatic rings. The van der Waals surface area contributed by atoms with Gasteiger partial charge in [-0.05, 0) is 76.7 Å². The Hall–Kier alpha value is -0.130. The van der Waals surface area contributed by atoms with E-state index in [0.717, 1.165) is 56.0 Å². The van der Waals surface area contributed by atoms with Crippen LogP contribution in [0.1, 0.15) is 97.3 Å². The van der Waals surface area contributed by atoms with Gasteiger partial charge in [0.2, 0.25) is 10.0 Å². The van der Waals surface area contributed by atoms with Gasteiger partial charge in [-0.3, -0.25) is 0 Å². The van der Waals surface area contributed by atoms with Crippen LogP contribution in [0.15, 0.2) is 0 Å². The van der Waals surface area contributed by atoms with Crippen molar-refractivity contribution in [3.05, 3.63) is 0 Å². The van der Waals surface area contributed by atoms with Gasteiger partial charge in [-0.1, -0.05) is 44.9 Å². The second-order valence-electron chi connectivity index (χ2n) is 9.79. The third-order valence-electron chi connectivity index (χ3n) is 7.54. The topological polar surface area (TPSA) is 58.2 Å². The predicted molar refractivity (Wildman–Crippen MR) is 113 cm³/mol. The van der Waals surface area contributed by atoms with Crippen LogP contribution < -0.4 is 10.0 Å². The van der Waals surface area contributed by atoms with Crippen molar-refractivity contribution in [2.24, 2.45) is 17.8 Å². The largest absolute Gasteiger partial charge is 0.313 e. The van der Waals surface area contributed by atoms with Crippen molar-refractivity contribution in [3.8, 4) is 0 Å². The van der Waals surface area contributed by atoms with Crippen LogP contribution in [0.4, 0.5) is 0 Å². The van der Waals surface area contributed by atoms with E-state index in [0.29, 0.717) is 0 Å². The summed E-state index contributed by atoms with van der Waals surface area (Å²) in [6.07, 6.45) is 17.2. The summed E-state index contributed by atoms with van der Waals surface area (Å²) in [5, 5.41) is 3.65. The Kier molecular flexibility index (Phi) is 8.04. The maximum Gasteiger partial charge on any atom is 0.214 e. The molecule has 4 nitrogen and oxygen atoms in total. The lowest BCUT2D eigenvalue weighted by molar-refractivity contribution is 0.143. The van der Waals surface area contributed by atoms with Crippen LogP contribution in [-0.4, -0.2) is 32.3 Å². The molecule has 2 N–H and O–H groups in total. The van der Waals surface area contributed by atoms with Crippen LogP contribution in [0, 0.1) is 17.8 Å². The minimum atomic E-state index is -3.13. The monoisotopic (exact) mass is 398 g/mol. The number of hydrogen-bond donors (Lipinski definition) is 2. The van der Waals surface area contributed by atoms with Gasteiger partial charge >= 0.3 is 0 Å². The highest BCUT2D eigenvalue weighted by atomic mass is 32.2. The first kappa shape index (κ1) is 21.6. The van der Waals surface area contributed by atoms with Gasteiger partial charge < -0.3 is 5.32 Å². The van der Waals surface area contributed by atoms with Gasteiger partial charge in [-0.2, -0.15) is 0 Å². The van der Waals surface area contributed by atoms with Crippen molar-refractivity contribution in [2.45, 2.75) is 115 Å². The fourth-order valence-corrected chi connectivity index (χ4v) is 6.68. The first-order chi connectivity index (χ1) is 13.0. The summed E-state index contributed by atoms with van der Waals surface area (Å²) in [5.41, 5.74) is 0. The molecular weight excluding hydrogens is 356 g/mol. The van der Waals surface area contributed by atoms with E-state index in [9.17, 15) is 8.42 Å². The summed E-state index contributed by atoms with van der Waals surface area (Å²) in [6, 6.07) is 0.886. The van der Waals surface area contributed by atoms with E-state index in [2.05, 4.69) is 10.0 Å². The van der Waals surface area contributed by atoms with E-state index in [1.807, 2.05) is 0 Å². The quantitative estimate of drug-likeness (QED) is 0.659. The molecule has 5 heteroatoms. The molecule has 27 heavy (non-hydrogen) atoms. The van der Waals surface area contributed by atoms with Crippen LogP contribution in [0.3, 0.4) is 0 Å². The van der Waals surface area contributed by atoms with Crippen LogP contribution in [0.25, 0.3) is 0 Å². The average molecular weight is 399 g/mol. The maximum absolute atomic E-state index is 12.1. The summed E-state index contributed by atoms with van der Waals surface area (Å²) >= 11 is 0. The molecule has 3 fully saturated rings. The van der Waals surface area contributed by atoms with Gasteiger partial charge in [0.1, 0.15) is 0 Å². The Morgan fingerprint density at radius 1 is 0.815 bits per heavy atom. The van der Waals surface area contributed by atoms with Gasteiger partial charge in [0, 0.05) is 12.1 Å². The van der Waals surface area contributed by atoms with E-state index >= 15 is 0 Å². The molecule has 0 heterocycles. The van der Waals surface area contributed by atoms with Gasteiger partial charge in [0.05, 0.1) is 5.25 Å². The lowest BCUT2D eigenvalue weighted by Gasteiger charge is -2.40. The van der Waals surface area contributed by atoms with Gasteiger partial charge in [0.25, 0.3) is 0 Å². The van der Waals surface area contributed by atoms with Crippen molar-refractivity contribution in [3.63, 3.8) is 0 Å². The molecule has 2 unspecified atom stereocenters. The van der Waals surface area contributed by atoms with E-state index in [-0.39, 0.29) is 11.3 Å². The Bertz CT molecular complexity index is 535. The molecule has 0 aromatic carbocycles. The zero-order valence-electron chi connectivity index (χ0n) is 17.6. The zero-order valence-corrected chi connectivity index (χ0v) is 18.4. The third-order valence-corrected chi connectivity index (χ3v) is 9.44. The highest BCUT2D eigenvalue weighted by Crippen LogP contribution is 2.38. The lowest BCUT2D eigenvalue weighted by atomic mass is 9.71. The molecule has 0 spiro atoms. The van der Waals surface area contributed by atoms with Gasteiger partial charge in [-0.25, -0.2) is 13.1 Å². The molecule has 3 rings (SSSR count). The molecule has 0 bridgehead atoms. The number of hydrogen-bond acceptors (Lipinski definition) is 3. The third kappa shape index (κ3) is 6.17. The second-order valence-corrected chi connectivity index (χ2v) is 12.1. The Balaban J connectivity index is 1.42. The Labute approximate surface area is 167 Å². The zero-order chi connectivity index (χ0) is 19.3. The summed E-state index contributed by atoms with van der Waals surface area (Å²) in [4.78, 5) is 0. The standard InChI is InChI=1S/C22H42N2O2S/c1-17(2)27(25,26)24-20-14-12-18(13-15-20)16-23-22-11-7-6-10-21(22)19-8-4-3-5-9-19/h17-24H,3-16H2,1-2H3. The number of rotatable bonds is 7.